The zero-order valence-electron chi connectivity index (χ0n) is 8.75. The van der Waals surface area contributed by atoms with Crippen LogP contribution in [0.25, 0.3) is 0 Å². The minimum absolute atomic E-state index is 0.538. The van der Waals surface area contributed by atoms with Crippen molar-refractivity contribution in [1.29, 1.82) is 0 Å². The lowest BCUT2D eigenvalue weighted by Gasteiger charge is -2.06. The van der Waals surface area contributed by atoms with E-state index in [1.165, 1.54) is 0 Å². The Kier molecular flexibility index (Phi) is 2.70. The second kappa shape index (κ2) is 4.16. The van der Waals surface area contributed by atoms with Crippen molar-refractivity contribution in [3.63, 3.8) is 0 Å². The lowest BCUT2D eigenvalue weighted by Crippen LogP contribution is -2.11. The third-order valence-electron chi connectivity index (χ3n) is 1.94. The Hall–Kier alpha value is -1.79. The van der Waals surface area contributed by atoms with Crippen LogP contribution in [0.4, 0.5) is 0 Å². The zero-order chi connectivity index (χ0) is 10.7. The monoisotopic (exact) mass is 207 g/mol. The molecule has 2 aromatic rings. The molecule has 0 radical (unpaired) electrons. The van der Waals surface area contributed by atoms with Crippen molar-refractivity contribution >= 4 is 0 Å². The first kappa shape index (κ1) is 9.75. The molecule has 0 fully saturated rings. The quantitative estimate of drug-likeness (QED) is 0.765. The number of aromatic amines is 1. The lowest BCUT2D eigenvalue weighted by atomic mass is 10.2. The van der Waals surface area contributed by atoms with Gasteiger partial charge in [-0.1, -0.05) is 19.1 Å². The highest BCUT2D eigenvalue weighted by molar-refractivity contribution is 4.96. The Labute approximate surface area is 86.9 Å². The van der Waals surface area contributed by atoms with E-state index < -0.39 is 0 Å². The van der Waals surface area contributed by atoms with Gasteiger partial charge in [0.2, 0.25) is 0 Å². The molecule has 2 heterocycles. The van der Waals surface area contributed by atoms with Gasteiger partial charge in [0, 0.05) is 6.54 Å². The molecule has 80 valence electrons. The second-order valence-corrected chi connectivity index (χ2v) is 3.76. The summed E-state index contributed by atoms with van der Waals surface area (Å²) >= 11 is 0. The molecule has 0 saturated heterocycles. The fourth-order valence-corrected chi connectivity index (χ4v) is 1.32. The SMILES string of the molecule is CC(C)Cn1ncnc1Cc1nn[nH]n1. The van der Waals surface area contributed by atoms with Crippen molar-refractivity contribution in [2.75, 3.05) is 0 Å². The molecule has 15 heavy (non-hydrogen) atoms. The van der Waals surface area contributed by atoms with E-state index in [9.17, 15) is 0 Å². The molecule has 7 nitrogen and oxygen atoms in total. The molecule has 2 rings (SSSR count). The first-order chi connectivity index (χ1) is 7.25. The molecule has 0 aromatic carbocycles. The van der Waals surface area contributed by atoms with Gasteiger partial charge in [-0.3, -0.25) is 0 Å². The number of hydrogen-bond donors (Lipinski definition) is 1. The van der Waals surface area contributed by atoms with E-state index in [1.54, 1.807) is 6.33 Å². The molecule has 0 amide bonds. The molecule has 0 aliphatic heterocycles. The van der Waals surface area contributed by atoms with E-state index in [0.717, 1.165) is 12.4 Å². The van der Waals surface area contributed by atoms with Crippen LogP contribution in [-0.4, -0.2) is 35.4 Å². The Morgan fingerprint density at radius 3 is 3.00 bits per heavy atom. The molecule has 0 aliphatic rings. The predicted octanol–water partition coefficient (Wildman–Crippen LogP) is 0.0380. The number of H-pyrrole nitrogens is 1. The lowest BCUT2D eigenvalue weighted by molar-refractivity contribution is 0.468. The molecule has 0 aliphatic carbocycles. The molecule has 0 bridgehead atoms. The summed E-state index contributed by atoms with van der Waals surface area (Å²) in [4.78, 5) is 4.17. The number of hydrogen-bond acceptors (Lipinski definition) is 5. The summed E-state index contributed by atoms with van der Waals surface area (Å²) in [6, 6.07) is 0. The summed E-state index contributed by atoms with van der Waals surface area (Å²) in [6.07, 6.45) is 2.11. The van der Waals surface area contributed by atoms with Crippen LogP contribution in [0.1, 0.15) is 25.5 Å². The largest absolute Gasteiger partial charge is 0.249 e. The highest BCUT2D eigenvalue weighted by Crippen LogP contribution is 2.04. The van der Waals surface area contributed by atoms with Crippen molar-refractivity contribution in [2.24, 2.45) is 5.92 Å². The number of aromatic nitrogens is 7. The van der Waals surface area contributed by atoms with Crippen LogP contribution in [-0.2, 0) is 13.0 Å². The van der Waals surface area contributed by atoms with Crippen LogP contribution < -0.4 is 0 Å². The Morgan fingerprint density at radius 2 is 2.33 bits per heavy atom. The molecular formula is C8H13N7. The first-order valence-corrected chi connectivity index (χ1v) is 4.84. The van der Waals surface area contributed by atoms with Gasteiger partial charge in [-0.25, -0.2) is 9.67 Å². The normalized spacial score (nSPS) is 11.1. The van der Waals surface area contributed by atoms with Crippen LogP contribution in [0.15, 0.2) is 6.33 Å². The number of rotatable bonds is 4. The third-order valence-corrected chi connectivity index (χ3v) is 1.94. The van der Waals surface area contributed by atoms with Gasteiger partial charge < -0.3 is 0 Å². The minimum Gasteiger partial charge on any atom is -0.249 e. The van der Waals surface area contributed by atoms with Crippen molar-refractivity contribution < 1.29 is 0 Å². The summed E-state index contributed by atoms with van der Waals surface area (Å²) in [6.45, 7) is 5.13. The minimum atomic E-state index is 0.538. The summed E-state index contributed by atoms with van der Waals surface area (Å²) < 4.78 is 1.88. The second-order valence-electron chi connectivity index (χ2n) is 3.76. The highest BCUT2D eigenvalue weighted by atomic mass is 15.5. The topological polar surface area (TPSA) is 85.2 Å². The summed E-state index contributed by atoms with van der Waals surface area (Å²) in [7, 11) is 0. The van der Waals surface area contributed by atoms with Crippen molar-refractivity contribution in [3.05, 3.63) is 18.0 Å². The number of nitrogens with zero attached hydrogens (tertiary/aromatic N) is 6. The van der Waals surface area contributed by atoms with Crippen molar-refractivity contribution in [2.45, 2.75) is 26.8 Å². The fraction of sp³-hybridized carbons (Fsp3) is 0.625. The smallest absolute Gasteiger partial charge is 0.182 e. The number of tetrazole rings is 1. The van der Waals surface area contributed by atoms with Crippen LogP contribution in [0.5, 0.6) is 0 Å². The molecule has 1 N–H and O–H groups in total. The van der Waals surface area contributed by atoms with Gasteiger partial charge >= 0.3 is 0 Å². The van der Waals surface area contributed by atoms with Crippen molar-refractivity contribution in [3.8, 4) is 0 Å². The summed E-state index contributed by atoms with van der Waals surface area (Å²) in [5.41, 5.74) is 0. The van der Waals surface area contributed by atoms with E-state index in [-0.39, 0.29) is 0 Å². The molecule has 0 saturated carbocycles. The molecule has 7 heteroatoms. The Balaban J connectivity index is 2.11. The van der Waals surface area contributed by atoms with E-state index in [1.807, 2.05) is 4.68 Å². The van der Waals surface area contributed by atoms with Gasteiger partial charge in [-0.05, 0) is 5.92 Å². The maximum atomic E-state index is 4.17. The molecular weight excluding hydrogens is 194 g/mol. The van der Waals surface area contributed by atoms with Crippen LogP contribution in [0.2, 0.25) is 0 Å². The average molecular weight is 207 g/mol. The summed E-state index contributed by atoms with van der Waals surface area (Å²) in [5.74, 6) is 2.04. The predicted molar refractivity (Wildman–Crippen MR) is 51.8 cm³/mol. The average Bonchev–Trinajstić information content (AvgIpc) is 2.78. The Bertz CT molecular complexity index is 402. The van der Waals surface area contributed by atoms with Crippen LogP contribution >= 0.6 is 0 Å². The van der Waals surface area contributed by atoms with Gasteiger partial charge in [0.1, 0.15) is 12.2 Å². The molecule has 0 spiro atoms. The zero-order valence-corrected chi connectivity index (χ0v) is 8.75. The van der Waals surface area contributed by atoms with Gasteiger partial charge in [0.25, 0.3) is 0 Å². The molecule has 2 aromatic heterocycles. The van der Waals surface area contributed by atoms with E-state index >= 15 is 0 Å². The first-order valence-electron chi connectivity index (χ1n) is 4.84. The summed E-state index contributed by atoms with van der Waals surface area (Å²) in [5, 5.41) is 17.8. The maximum absolute atomic E-state index is 4.17. The van der Waals surface area contributed by atoms with E-state index in [0.29, 0.717) is 18.2 Å². The van der Waals surface area contributed by atoms with E-state index in [2.05, 4.69) is 44.6 Å². The van der Waals surface area contributed by atoms with Gasteiger partial charge in [-0.15, -0.1) is 10.2 Å². The van der Waals surface area contributed by atoms with Crippen molar-refractivity contribution in [1.82, 2.24) is 35.4 Å². The van der Waals surface area contributed by atoms with Gasteiger partial charge in [0.15, 0.2) is 5.82 Å². The highest BCUT2D eigenvalue weighted by Gasteiger charge is 2.09. The van der Waals surface area contributed by atoms with Crippen LogP contribution in [0, 0.1) is 5.92 Å². The Morgan fingerprint density at radius 1 is 1.47 bits per heavy atom. The molecule has 0 unspecified atom stereocenters. The molecule has 0 atom stereocenters. The third kappa shape index (κ3) is 2.36. The van der Waals surface area contributed by atoms with Crippen LogP contribution in [0.3, 0.4) is 0 Å². The van der Waals surface area contributed by atoms with Gasteiger partial charge in [0.05, 0.1) is 6.42 Å². The van der Waals surface area contributed by atoms with Gasteiger partial charge in [-0.2, -0.15) is 10.3 Å². The maximum Gasteiger partial charge on any atom is 0.182 e. The fourth-order valence-electron chi connectivity index (χ4n) is 1.32. The standard InChI is InChI=1S/C8H13N7/c1-6(2)4-15-8(9-5-10-15)3-7-11-13-14-12-7/h5-6H,3-4H2,1-2H3,(H,11,12,13,14). The number of nitrogens with one attached hydrogen (secondary N) is 1. The van der Waals surface area contributed by atoms with E-state index in [4.69, 9.17) is 0 Å².